The molecule has 18 heavy (non-hydrogen) atoms. The summed E-state index contributed by atoms with van der Waals surface area (Å²) >= 11 is 0. The van der Waals surface area contributed by atoms with Crippen molar-refractivity contribution < 1.29 is 9.53 Å². The molecule has 1 aliphatic carbocycles. The predicted octanol–water partition coefficient (Wildman–Crippen LogP) is 2.51. The van der Waals surface area contributed by atoms with Crippen LogP contribution >= 0.6 is 0 Å². The molecule has 1 aromatic carbocycles. The number of benzene rings is 1. The second-order valence-corrected chi connectivity index (χ2v) is 4.94. The summed E-state index contributed by atoms with van der Waals surface area (Å²) in [5, 5.41) is 3.25. The third-order valence-electron chi connectivity index (χ3n) is 3.64. The Labute approximate surface area is 109 Å². The van der Waals surface area contributed by atoms with Crippen LogP contribution in [0.15, 0.2) is 30.3 Å². The summed E-state index contributed by atoms with van der Waals surface area (Å²) < 4.78 is 5.39. The van der Waals surface area contributed by atoms with E-state index >= 15 is 0 Å². The Balaban J connectivity index is 1.81. The van der Waals surface area contributed by atoms with Crippen molar-refractivity contribution >= 4 is 5.97 Å². The van der Waals surface area contributed by atoms with Gasteiger partial charge in [-0.05, 0) is 31.9 Å². The quantitative estimate of drug-likeness (QED) is 0.831. The molecular weight excluding hydrogens is 226 g/mol. The summed E-state index contributed by atoms with van der Waals surface area (Å²) in [6, 6.07) is 10.3. The summed E-state index contributed by atoms with van der Waals surface area (Å²) in [5.41, 5.74) is 1.05. The Morgan fingerprint density at radius 3 is 2.83 bits per heavy atom. The van der Waals surface area contributed by atoms with E-state index in [0.29, 0.717) is 12.6 Å². The normalized spacial score (nSPS) is 23.6. The van der Waals surface area contributed by atoms with Gasteiger partial charge in [-0.2, -0.15) is 0 Å². The monoisotopic (exact) mass is 247 g/mol. The highest BCUT2D eigenvalue weighted by molar-refractivity contribution is 5.72. The predicted molar refractivity (Wildman–Crippen MR) is 71.0 cm³/mol. The molecule has 0 radical (unpaired) electrons. The molecule has 1 N–H and O–H groups in total. The second kappa shape index (κ2) is 6.55. The minimum Gasteiger partial charge on any atom is -0.461 e. The van der Waals surface area contributed by atoms with E-state index in [4.69, 9.17) is 4.74 Å². The van der Waals surface area contributed by atoms with Crippen LogP contribution in [-0.2, 0) is 16.1 Å². The lowest BCUT2D eigenvalue weighted by molar-refractivity contribution is -0.151. The molecule has 3 nitrogen and oxygen atoms in total. The number of rotatable bonds is 4. The molecule has 2 atom stereocenters. The first-order valence-corrected chi connectivity index (χ1v) is 6.67. The number of carbonyl (C=O) groups is 1. The van der Waals surface area contributed by atoms with Crippen LogP contribution < -0.4 is 5.32 Å². The van der Waals surface area contributed by atoms with Gasteiger partial charge >= 0.3 is 5.97 Å². The summed E-state index contributed by atoms with van der Waals surface area (Å²) in [6.45, 7) is 0.389. The third-order valence-corrected chi connectivity index (χ3v) is 3.64. The van der Waals surface area contributed by atoms with Gasteiger partial charge in [0.25, 0.3) is 0 Å². The zero-order valence-electron chi connectivity index (χ0n) is 10.9. The largest absolute Gasteiger partial charge is 0.461 e. The number of esters is 1. The van der Waals surface area contributed by atoms with Crippen LogP contribution in [0.4, 0.5) is 0 Å². The van der Waals surface area contributed by atoms with Gasteiger partial charge in [-0.15, -0.1) is 0 Å². The van der Waals surface area contributed by atoms with Crippen LogP contribution in [0.25, 0.3) is 0 Å². The lowest BCUT2D eigenvalue weighted by Gasteiger charge is -2.27. The molecule has 0 amide bonds. The fourth-order valence-corrected chi connectivity index (χ4v) is 2.51. The summed E-state index contributed by atoms with van der Waals surface area (Å²) in [4.78, 5) is 12.0. The maximum absolute atomic E-state index is 12.0. The zero-order valence-corrected chi connectivity index (χ0v) is 10.9. The van der Waals surface area contributed by atoms with Gasteiger partial charge in [-0.1, -0.05) is 36.8 Å². The van der Waals surface area contributed by atoms with Crippen molar-refractivity contribution in [2.75, 3.05) is 7.05 Å². The van der Waals surface area contributed by atoms with E-state index in [-0.39, 0.29) is 11.9 Å². The standard InChI is InChI=1S/C15H21NO2/c1-16-14-9-5-8-13(10-14)15(17)18-11-12-6-3-2-4-7-12/h2-4,6-7,13-14,16H,5,8-11H2,1H3. The van der Waals surface area contributed by atoms with Gasteiger partial charge in [0.2, 0.25) is 0 Å². The average molecular weight is 247 g/mol. The van der Waals surface area contributed by atoms with Crippen LogP contribution in [0.1, 0.15) is 31.2 Å². The highest BCUT2D eigenvalue weighted by atomic mass is 16.5. The maximum Gasteiger partial charge on any atom is 0.309 e. The molecule has 0 bridgehead atoms. The molecule has 0 aromatic heterocycles. The topological polar surface area (TPSA) is 38.3 Å². The van der Waals surface area contributed by atoms with Crippen molar-refractivity contribution in [1.29, 1.82) is 0 Å². The summed E-state index contributed by atoms with van der Waals surface area (Å²) in [7, 11) is 1.96. The highest BCUT2D eigenvalue weighted by Crippen LogP contribution is 2.25. The van der Waals surface area contributed by atoms with Crippen molar-refractivity contribution in [3.8, 4) is 0 Å². The van der Waals surface area contributed by atoms with Gasteiger partial charge in [-0.25, -0.2) is 0 Å². The Bertz CT molecular complexity index is 377. The zero-order chi connectivity index (χ0) is 12.8. The van der Waals surface area contributed by atoms with Gasteiger partial charge in [0.1, 0.15) is 6.61 Å². The first kappa shape index (κ1) is 13.1. The first-order chi connectivity index (χ1) is 8.79. The minimum absolute atomic E-state index is 0.0428. The molecule has 2 unspecified atom stereocenters. The molecule has 2 rings (SSSR count). The van der Waals surface area contributed by atoms with Crippen LogP contribution in [0.2, 0.25) is 0 Å². The molecule has 0 aliphatic heterocycles. The van der Waals surface area contributed by atoms with Crippen molar-refractivity contribution in [2.45, 2.75) is 38.3 Å². The summed E-state index contributed by atoms with van der Waals surface area (Å²) in [5.74, 6) is 0.0266. The Hall–Kier alpha value is -1.35. The number of hydrogen-bond donors (Lipinski definition) is 1. The van der Waals surface area contributed by atoms with E-state index in [9.17, 15) is 4.79 Å². The minimum atomic E-state index is -0.0428. The van der Waals surface area contributed by atoms with E-state index in [1.807, 2.05) is 37.4 Å². The Kier molecular flexibility index (Phi) is 4.76. The van der Waals surface area contributed by atoms with E-state index in [1.165, 1.54) is 6.42 Å². The molecule has 1 fully saturated rings. The van der Waals surface area contributed by atoms with Gasteiger partial charge in [0.05, 0.1) is 5.92 Å². The molecule has 1 aromatic rings. The number of carbonyl (C=O) groups excluding carboxylic acids is 1. The van der Waals surface area contributed by atoms with Crippen LogP contribution in [0.5, 0.6) is 0 Å². The molecule has 98 valence electrons. The van der Waals surface area contributed by atoms with E-state index < -0.39 is 0 Å². The molecular formula is C15H21NO2. The number of hydrogen-bond acceptors (Lipinski definition) is 3. The molecule has 3 heteroatoms. The SMILES string of the molecule is CNC1CCCC(C(=O)OCc2ccccc2)C1. The highest BCUT2D eigenvalue weighted by Gasteiger charge is 2.27. The van der Waals surface area contributed by atoms with Crippen LogP contribution in [0.3, 0.4) is 0 Å². The van der Waals surface area contributed by atoms with Crippen molar-refractivity contribution in [1.82, 2.24) is 5.32 Å². The Morgan fingerprint density at radius 2 is 2.11 bits per heavy atom. The van der Waals surface area contributed by atoms with Crippen molar-refractivity contribution in [3.63, 3.8) is 0 Å². The van der Waals surface area contributed by atoms with Gasteiger partial charge < -0.3 is 10.1 Å². The molecule has 1 aliphatic rings. The van der Waals surface area contributed by atoms with E-state index in [2.05, 4.69) is 5.32 Å². The molecule has 1 saturated carbocycles. The molecule has 0 spiro atoms. The fourth-order valence-electron chi connectivity index (χ4n) is 2.51. The van der Waals surface area contributed by atoms with Crippen LogP contribution in [0, 0.1) is 5.92 Å². The lowest BCUT2D eigenvalue weighted by Crippen LogP contribution is -2.34. The fraction of sp³-hybridized carbons (Fsp3) is 0.533. The lowest BCUT2D eigenvalue weighted by atomic mass is 9.86. The molecule has 0 saturated heterocycles. The second-order valence-electron chi connectivity index (χ2n) is 4.94. The van der Waals surface area contributed by atoms with Crippen molar-refractivity contribution in [3.05, 3.63) is 35.9 Å². The number of nitrogens with one attached hydrogen (secondary N) is 1. The summed E-state index contributed by atoms with van der Waals surface area (Å²) in [6.07, 6.45) is 4.14. The van der Waals surface area contributed by atoms with Gasteiger partial charge in [0, 0.05) is 6.04 Å². The van der Waals surface area contributed by atoms with E-state index in [1.54, 1.807) is 0 Å². The average Bonchev–Trinajstić information content (AvgIpc) is 2.46. The third kappa shape index (κ3) is 3.57. The van der Waals surface area contributed by atoms with Crippen LogP contribution in [-0.4, -0.2) is 19.1 Å². The van der Waals surface area contributed by atoms with Crippen molar-refractivity contribution in [2.24, 2.45) is 5.92 Å². The maximum atomic E-state index is 12.0. The Morgan fingerprint density at radius 1 is 1.33 bits per heavy atom. The smallest absolute Gasteiger partial charge is 0.309 e. The first-order valence-electron chi connectivity index (χ1n) is 6.67. The van der Waals surface area contributed by atoms with E-state index in [0.717, 1.165) is 24.8 Å². The number of ether oxygens (including phenoxy) is 1. The van der Waals surface area contributed by atoms with Gasteiger partial charge in [-0.3, -0.25) is 4.79 Å². The van der Waals surface area contributed by atoms with Gasteiger partial charge in [0.15, 0.2) is 0 Å². The molecule has 0 heterocycles.